The Morgan fingerprint density at radius 2 is 2.07 bits per heavy atom. The van der Waals surface area contributed by atoms with E-state index >= 15 is 0 Å². The minimum Gasteiger partial charge on any atom is -0.326 e. The highest BCUT2D eigenvalue weighted by Crippen LogP contribution is 2.34. The fraction of sp³-hybridized carbons (Fsp3) is 0.300. The molecule has 0 heterocycles. The van der Waals surface area contributed by atoms with Crippen molar-refractivity contribution in [1.82, 2.24) is 0 Å². The molecule has 0 bridgehead atoms. The lowest BCUT2D eigenvalue weighted by molar-refractivity contribution is -0.114. The maximum Gasteiger partial charge on any atom is 0.221 e. The summed E-state index contributed by atoms with van der Waals surface area (Å²) in [5, 5.41) is 3.38. The Bertz CT molecular complexity index is 390. The second-order valence-corrected chi connectivity index (χ2v) is 4.35. The minimum atomic E-state index is -0.0918. The van der Waals surface area contributed by atoms with Crippen LogP contribution in [0.3, 0.4) is 0 Å². The van der Waals surface area contributed by atoms with Gasteiger partial charge in [0.2, 0.25) is 5.91 Å². The van der Waals surface area contributed by atoms with Gasteiger partial charge in [-0.3, -0.25) is 4.79 Å². The van der Waals surface area contributed by atoms with E-state index in [1.165, 1.54) is 6.92 Å². The second kappa shape index (κ2) is 4.32. The number of halogens is 2. The summed E-state index contributed by atoms with van der Waals surface area (Å²) in [5.74, 6) is -0.0918. The number of carbonyl (C=O) groups excluding carboxylic acids is 1. The van der Waals surface area contributed by atoms with E-state index in [1.54, 1.807) is 0 Å². The van der Waals surface area contributed by atoms with Gasteiger partial charge in [0.25, 0.3) is 0 Å². The summed E-state index contributed by atoms with van der Waals surface area (Å²) < 4.78 is 0.880. The molecule has 0 aliphatic carbocycles. The maximum atomic E-state index is 10.9. The number of hydrogen-bond acceptors (Lipinski definition) is 1. The molecule has 0 spiro atoms. The fourth-order valence-corrected chi connectivity index (χ4v) is 1.83. The molecule has 1 rings (SSSR count). The first-order chi connectivity index (χ1) is 6.43. The van der Waals surface area contributed by atoms with E-state index in [-0.39, 0.29) is 5.91 Å². The van der Waals surface area contributed by atoms with Gasteiger partial charge in [-0.05, 0) is 47.0 Å². The van der Waals surface area contributed by atoms with Gasteiger partial charge in [-0.1, -0.05) is 11.6 Å². The number of rotatable bonds is 1. The fourth-order valence-electron chi connectivity index (χ4n) is 1.16. The molecular formula is C10H11BrClNO. The number of benzene rings is 1. The van der Waals surface area contributed by atoms with Gasteiger partial charge in [-0.2, -0.15) is 0 Å². The predicted molar refractivity (Wildman–Crippen MR) is 62.9 cm³/mol. The van der Waals surface area contributed by atoms with E-state index < -0.39 is 0 Å². The van der Waals surface area contributed by atoms with Crippen LogP contribution in [0.5, 0.6) is 0 Å². The molecule has 76 valence electrons. The average Bonchev–Trinajstić information content (AvgIpc) is 2.10. The minimum absolute atomic E-state index is 0.0918. The zero-order chi connectivity index (χ0) is 10.9. The van der Waals surface area contributed by atoms with Crippen LogP contribution in [0.25, 0.3) is 0 Å². The van der Waals surface area contributed by atoms with Gasteiger partial charge in [-0.25, -0.2) is 0 Å². The highest BCUT2D eigenvalue weighted by molar-refractivity contribution is 9.10. The summed E-state index contributed by atoms with van der Waals surface area (Å²) in [6.07, 6.45) is 0. The first kappa shape index (κ1) is 11.5. The lowest BCUT2D eigenvalue weighted by Gasteiger charge is -2.11. The normalized spacial score (nSPS) is 10.1. The van der Waals surface area contributed by atoms with Gasteiger partial charge in [0.15, 0.2) is 0 Å². The van der Waals surface area contributed by atoms with Crippen molar-refractivity contribution in [2.75, 3.05) is 5.32 Å². The molecule has 0 fully saturated rings. The third-order valence-electron chi connectivity index (χ3n) is 1.94. The van der Waals surface area contributed by atoms with Crippen molar-refractivity contribution in [3.8, 4) is 0 Å². The Labute approximate surface area is 96.8 Å². The molecule has 0 aromatic heterocycles. The summed E-state index contributed by atoms with van der Waals surface area (Å²) in [7, 11) is 0. The molecule has 1 aromatic rings. The molecule has 0 saturated carbocycles. The van der Waals surface area contributed by atoms with E-state index in [0.717, 1.165) is 21.3 Å². The van der Waals surface area contributed by atoms with Crippen molar-refractivity contribution >= 4 is 39.1 Å². The van der Waals surface area contributed by atoms with Gasteiger partial charge in [0, 0.05) is 17.1 Å². The van der Waals surface area contributed by atoms with Gasteiger partial charge in [0.05, 0.1) is 5.02 Å². The number of anilines is 1. The van der Waals surface area contributed by atoms with E-state index in [1.807, 2.05) is 19.9 Å². The zero-order valence-electron chi connectivity index (χ0n) is 8.24. The summed E-state index contributed by atoms with van der Waals surface area (Å²) in [5.41, 5.74) is 2.65. The van der Waals surface area contributed by atoms with Crippen molar-refractivity contribution in [2.45, 2.75) is 20.8 Å². The molecule has 4 heteroatoms. The van der Waals surface area contributed by atoms with Crippen LogP contribution < -0.4 is 5.32 Å². The quantitative estimate of drug-likeness (QED) is 0.833. The Morgan fingerprint density at radius 1 is 1.50 bits per heavy atom. The van der Waals surface area contributed by atoms with Crippen LogP contribution in [0.4, 0.5) is 5.69 Å². The van der Waals surface area contributed by atoms with Crippen LogP contribution in [-0.2, 0) is 4.79 Å². The largest absolute Gasteiger partial charge is 0.326 e. The number of carbonyl (C=O) groups is 1. The SMILES string of the molecule is CC(=O)Nc1cc(C)c(Br)c(Cl)c1C. The number of aryl methyl sites for hydroxylation is 1. The summed E-state index contributed by atoms with van der Waals surface area (Å²) in [6, 6.07) is 1.90. The molecular weight excluding hydrogens is 265 g/mol. The van der Waals surface area contributed by atoms with E-state index in [4.69, 9.17) is 11.6 Å². The lowest BCUT2D eigenvalue weighted by atomic mass is 10.1. The van der Waals surface area contributed by atoms with Crippen LogP contribution in [0.15, 0.2) is 10.5 Å². The Balaban J connectivity index is 3.25. The molecule has 1 aromatic carbocycles. The van der Waals surface area contributed by atoms with Crippen molar-refractivity contribution in [3.63, 3.8) is 0 Å². The Morgan fingerprint density at radius 3 is 2.57 bits per heavy atom. The Kier molecular flexibility index (Phi) is 3.56. The molecule has 0 saturated heterocycles. The van der Waals surface area contributed by atoms with Crippen molar-refractivity contribution in [3.05, 3.63) is 26.7 Å². The highest BCUT2D eigenvalue weighted by atomic mass is 79.9. The topological polar surface area (TPSA) is 29.1 Å². The number of amides is 1. The molecule has 0 unspecified atom stereocenters. The molecule has 14 heavy (non-hydrogen) atoms. The molecule has 0 aliphatic heterocycles. The van der Waals surface area contributed by atoms with Crippen LogP contribution >= 0.6 is 27.5 Å². The summed E-state index contributed by atoms with van der Waals surface area (Å²) >= 11 is 9.46. The standard InChI is InChI=1S/C10H11BrClNO/c1-5-4-8(13-7(3)14)6(2)10(12)9(5)11/h4H,1-3H3,(H,13,14). The van der Waals surface area contributed by atoms with Crippen LogP contribution in [0.2, 0.25) is 5.02 Å². The predicted octanol–water partition coefficient (Wildman–Crippen LogP) is 3.68. The third kappa shape index (κ3) is 2.28. The monoisotopic (exact) mass is 275 g/mol. The zero-order valence-corrected chi connectivity index (χ0v) is 10.6. The van der Waals surface area contributed by atoms with Crippen molar-refractivity contribution in [2.24, 2.45) is 0 Å². The Hall–Kier alpha value is -0.540. The smallest absolute Gasteiger partial charge is 0.221 e. The van der Waals surface area contributed by atoms with E-state index in [0.29, 0.717) is 5.02 Å². The van der Waals surface area contributed by atoms with Gasteiger partial charge >= 0.3 is 0 Å². The first-order valence-electron chi connectivity index (χ1n) is 4.16. The molecule has 0 aliphatic rings. The van der Waals surface area contributed by atoms with Crippen molar-refractivity contribution < 1.29 is 4.79 Å². The molecule has 2 nitrogen and oxygen atoms in total. The number of nitrogens with one attached hydrogen (secondary N) is 1. The van der Waals surface area contributed by atoms with Crippen LogP contribution in [0.1, 0.15) is 18.1 Å². The molecule has 1 amide bonds. The average molecular weight is 277 g/mol. The first-order valence-corrected chi connectivity index (χ1v) is 5.33. The van der Waals surface area contributed by atoms with Gasteiger partial charge in [0.1, 0.15) is 0 Å². The van der Waals surface area contributed by atoms with Gasteiger partial charge in [-0.15, -0.1) is 0 Å². The third-order valence-corrected chi connectivity index (χ3v) is 3.67. The van der Waals surface area contributed by atoms with E-state index in [9.17, 15) is 4.79 Å². The molecule has 1 N–H and O–H groups in total. The van der Waals surface area contributed by atoms with Crippen LogP contribution in [-0.4, -0.2) is 5.91 Å². The summed E-state index contributed by atoms with van der Waals surface area (Å²) in [4.78, 5) is 10.9. The highest BCUT2D eigenvalue weighted by Gasteiger charge is 2.10. The summed E-state index contributed by atoms with van der Waals surface area (Å²) in [6.45, 7) is 5.28. The van der Waals surface area contributed by atoms with Gasteiger partial charge < -0.3 is 5.32 Å². The maximum absolute atomic E-state index is 10.9. The van der Waals surface area contributed by atoms with Crippen molar-refractivity contribution in [1.29, 1.82) is 0 Å². The van der Waals surface area contributed by atoms with Crippen LogP contribution in [0, 0.1) is 13.8 Å². The second-order valence-electron chi connectivity index (χ2n) is 3.18. The lowest BCUT2D eigenvalue weighted by Crippen LogP contribution is -2.07. The number of hydrogen-bond donors (Lipinski definition) is 1. The molecule has 0 atom stereocenters. The molecule has 0 radical (unpaired) electrons. The van der Waals surface area contributed by atoms with E-state index in [2.05, 4.69) is 21.2 Å².